The molecular formula is C24H27N9O2+2. The number of allylic oxidation sites excluding steroid dienone is 1. The summed E-state index contributed by atoms with van der Waals surface area (Å²) >= 11 is 0. The van der Waals surface area contributed by atoms with E-state index in [1.165, 1.54) is 6.20 Å². The van der Waals surface area contributed by atoms with Crippen LogP contribution in [-0.4, -0.2) is 52.0 Å². The van der Waals surface area contributed by atoms with Crippen LogP contribution in [0.1, 0.15) is 17.3 Å². The van der Waals surface area contributed by atoms with Crippen molar-refractivity contribution in [3.8, 4) is 17.5 Å². The monoisotopic (exact) mass is 473 g/mol. The van der Waals surface area contributed by atoms with Crippen molar-refractivity contribution in [1.29, 1.82) is 5.26 Å². The quantitative estimate of drug-likeness (QED) is 0.344. The average Bonchev–Trinajstić information content (AvgIpc) is 3.24. The zero-order valence-electron chi connectivity index (χ0n) is 19.8. The smallest absolute Gasteiger partial charge is 0.306 e. The second-order valence-electron chi connectivity index (χ2n) is 8.45. The molecule has 0 radical (unpaired) electrons. The van der Waals surface area contributed by atoms with Gasteiger partial charge in [-0.15, -0.1) is 0 Å². The van der Waals surface area contributed by atoms with Gasteiger partial charge in [0.2, 0.25) is 11.6 Å². The average molecular weight is 474 g/mol. The molecule has 1 atom stereocenters. The van der Waals surface area contributed by atoms with Crippen molar-refractivity contribution in [3.63, 3.8) is 0 Å². The molecule has 0 saturated carbocycles. The van der Waals surface area contributed by atoms with Gasteiger partial charge in [0.25, 0.3) is 5.91 Å². The molecule has 1 unspecified atom stereocenters. The van der Waals surface area contributed by atoms with Crippen LogP contribution in [0, 0.1) is 17.2 Å². The highest BCUT2D eigenvalue weighted by Gasteiger charge is 2.34. The predicted octanol–water partition coefficient (Wildman–Crippen LogP) is 0.154. The number of hydrogen-bond acceptors (Lipinski definition) is 6. The number of likely N-dealkylation sites (tertiary alicyclic amines) is 1. The van der Waals surface area contributed by atoms with Crippen molar-refractivity contribution < 1.29 is 18.7 Å². The maximum absolute atomic E-state index is 13.1. The summed E-state index contributed by atoms with van der Waals surface area (Å²) in [7, 11) is 3.76. The molecule has 2 amide bonds. The number of aryl methyl sites for hydroxylation is 2. The molecule has 35 heavy (non-hydrogen) atoms. The minimum Gasteiger partial charge on any atom is -0.405 e. The first-order valence-corrected chi connectivity index (χ1v) is 11.1. The van der Waals surface area contributed by atoms with Crippen molar-refractivity contribution >= 4 is 34.9 Å². The normalized spacial score (nSPS) is 14.9. The topological polar surface area (TPSA) is 148 Å². The molecule has 0 bridgehead atoms. The highest BCUT2D eigenvalue weighted by molar-refractivity contribution is 6.05. The van der Waals surface area contributed by atoms with Gasteiger partial charge in [-0.25, -0.2) is 14.5 Å². The Hall–Kier alpha value is -4.59. The van der Waals surface area contributed by atoms with E-state index in [0.717, 1.165) is 11.4 Å². The summed E-state index contributed by atoms with van der Waals surface area (Å²) in [6, 6.07) is 5.18. The second-order valence-corrected chi connectivity index (χ2v) is 8.45. The molecule has 0 spiro atoms. The Morgan fingerprint density at radius 3 is 2.89 bits per heavy atom. The van der Waals surface area contributed by atoms with Crippen molar-refractivity contribution in [2.24, 2.45) is 30.7 Å². The summed E-state index contributed by atoms with van der Waals surface area (Å²) in [5.74, 6) is -0.756. The van der Waals surface area contributed by atoms with Gasteiger partial charge in [0, 0.05) is 31.4 Å². The Morgan fingerprint density at radius 1 is 1.40 bits per heavy atom. The molecule has 11 heteroatoms. The fourth-order valence-electron chi connectivity index (χ4n) is 3.90. The molecule has 0 aliphatic carbocycles. The lowest BCUT2D eigenvalue weighted by atomic mass is 10.0. The van der Waals surface area contributed by atoms with Crippen LogP contribution in [0.5, 0.6) is 0 Å². The van der Waals surface area contributed by atoms with E-state index in [0.29, 0.717) is 35.5 Å². The first kappa shape index (κ1) is 23.6. The SMILES string of the molecule is CC(NC(=O)c1c[nH]c2c1nc(-c1cc(N=CC=CN)cc[n+]1C)c[n+]2C)C(=O)N1CC(C#N)C1. The first-order chi connectivity index (χ1) is 16.8. The largest absolute Gasteiger partial charge is 0.405 e. The fraction of sp³-hybridized carbons (Fsp3) is 0.292. The minimum atomic E-state index is -0.723. The molecule has 1 fully saturated rings. The number of aromatic amines is 1. The Bertz CT molecular complexity index is 1390. The number of H-pyrrole nitrogens is 1. The molecule has 3 aromatic heterocycles. The second kappa shape index (κ2) is 9.72. The number of hydrogen-bond donors (Lipinski definition) is 3. The summed E-state index contributed by atoms with van der Waals surface area (Å²) in [6.45, 7) is 2.43. The van der Waals surface area contributed by atoms with Gasteiger partial charge in [-0.2, -0.15) is 9.83 Å². The number of pyridine rings is 1. The number of rotatable bonds is 6. The number of aliphatic imine (C=N–C) groups is 1. The zero-order valence-corrected chi connectivity index (χ0v) is 19.8. The van der Waals surface area contributed by atoms with Gasteiger partial charge >= 0.3 is 5.65 Å². The lowest BCUT2D eigenvalue weighted by molar-refractivity contribution is -0.663. The van der Waals surface area contributed by atoms with E-state index >= 15 is 0 Å². The Labute approximate surface area is 202 Å². The fourth-order valence-corrected chi connectivity index (χ4v) is 3.90. The third kappa shape index (κ3) is 4.72. The van der Waals surface area contributed by atoms with E-state index in [4.69, 9.17) is 16.0 Å². The Balaban J connectivity index is 1.62. The molecular weight excluding hydrogens is 446 g/mol. The molecule has 11 nitrogen and oxygen atoms in total. The summed E-state index contributed by atoms with van der Waals surface area (Å²) in [5.41, 5.74) is 9.02. The van der Waals surface area contributed by atoms with Crippen LogP contribution in [-0.2, 0) is 18.9 Å². The van der Waals surface area contributed by atoms with Crippen LogP contribution in [0.4, 0.5) is 5.69 Å². The summed E-state index contributed by atoms with van der Waals surface area (Å²) in [6.07, 6.45) is 9.98. The van der Waals surface area contributed by atoms with Crippen LogP contribution < -0.4 is 20.2 Å². The molecule has 178 valence electrons. The first-order valence-electron chi connectivity index (χ1n) is 11.1. The number of nitrogens with two attached hydrogens (primary N) is 1. The van der Waals surface area contributed by atoms with E-state index in [9.17, 15) is 9.59 Å². The predicted molar refractivity (Wildman–Crippen MR) is 128 cm³/mol. The standard InChI is InChI=1S/C24H25N9O2/c1-15(24(35)33-12-16(10-26)13-33)29-23(34)18-11-28-22-21(18)30-19(14-32(22)3)20-9-17(5-8-31(20)2)27-7-4-6-25/h4-9,11,14-16,25H,12-13H2,1-3H3,(H,29,34)/p+2. The molecule has 1 aliphatic heterocycles. The van der Waals surface area contributed by atoms with Crippen LogP contribution in [0.15, 0.2) is 48.0 Å². The maximum atomic E-state index is 13.1. The number of nitriles is 1. The van der Waals surface area contributed by atoms with Gasteiger partial charge in [0.15, 0.2) is 17.4 Å². The molecule has 0 aromatic carbocycles. The van der Waals surface area contributed by atoms with Crippen LogP contribution in [0.2, 0.25) is 0 Å². The van der Waals surface area contributed by atoms with Gasteiger partial charge in [0.05, 0.1) is 24.7 Å². The molecule has 1 aliphatic rings. The van der Waals surface area contributed by atoms with E-state index < -0.39 is 11.9 Å². The number of nitrogens with zero attached hydrogens (tertiary/aromatic N) is 6. The van der Waals surface area contributed by atoms with Gasteiger partial charge in [-0.3, -0.25) is 14.6 Å². The zero-order chi connectivity index (χ0) is 25.1. The van der Waals surface area contributed by atoms with Crippen molar-refractivity contribution in [2.75, 3.05) is 13.1 Å². The van der Waals surface area contributed by atoms with E-state index in [1.807, 2.05) is 47.8 Å². The summed E-state index contributed by atoms with van der Waals surface area (Å²) < 4.78 is 3.78. The van der Waals surface area contributed by atoms with Crippen LogP contribution in [0.25, 0.3) is 22.6 Å². The highest BCUT2D eigenvalue weighted by atomic mass is 16.2. The van der Waals surface area contributed by atoms with E-state index in [2.05, 4.69) is 21.4 Å². The number of aromatic nitrogens is 4. The number of amides is 2. The number of fused-ring (bicyclic) bond motifs is 1. The Morgan fingerprint density at radius 2 is 2.17 bits per heavy atom. The van der Waals surface area contributed by atoms with Crippen molar-refractivity contribution in [2.45, 2.75) is 13.0 Å². The van der Waals surface area contributed by atoms with E-state index in [-0.39, 0.29) is 11.8 Å². The molecule has 3 aromatic rings. The third-order valence-corrected chi connectivity index (χ3v) is 5.89. The molecule has 1 saturated heterocycles. The van der Waals surface area contributed by atoms with Crippen LogP contribution >= 0.6 is 0 Å². The summed E-state index contributed by atoms with van der Waals surface area (Å²) in [4.78, 5) is 39.4. The van der Waals surface area contributed by atoms with Gasteiger partial charge in [-0.1, -0.05) is 0 Å². The lowest BCUT2D eigenvalue weighted by Gasteiger charge is -2.37. The number of carbonyl (C=O) groups excluding carboxylic acids is 2. The van der Waals surface area contributed by atoms with Gasteiger partial charge in [0.1, 0.15) is 31.0 Å². The number of carbonyl (C=O) groups is 2. The lowest BCUT2D eigenvalue weighted by Crippen LogP contribution is -2.55. The molecule has 4 heterocycles. The third-order valence-electron chi connectivity index (χ3n) is 5.89. The molecule has 4 N–H and O–H groups in total. The highest BCUT2D eigenvalue weighted by Crippen LogP contribution is 2.21. The number of nitrogens with one attached hydrogen (secondary N) is 2. The summed E-state index contributed by atoms with van der Waals surface area (Å²) in [5, 5.41) is 11.7. The van der Waals surface area contributed by atoms with Crippen molar-refractivity contribution in [3.05, 3.63) is 48.6 Å². The van der Waals surface area contributed by atoms with Crippen molar-refractivity contribution in [1.82, 2.24) is 20.2 Å². The minimum absolute atomic E-state index is 0.138. The maximum Gasteiger partial charge on any atom is 0.306 e. The van der Waals surface area contributed by atoms with Gasteiger partial charge in [-0.05, 0) is 19.2 Å². The van der Waals surface area contributed by atoms with Gasteiger partial charge < -0.3 is 16.0 Å². The van der Waals surface area contributed by atoms with E-state index in [1.54, 1.807) is 30.3 Å². The van der Waals surface area contributed by atoms with Crippen LogP contribution in [0.3, 0.4) is 0 Å². The Kier molecular flexibility index (Phi) is 6.55. The molecule has 4 rings (SSSR count).